The summed E-state index contributed by atoms with van der Waals surface area (Å²) in [5, 5.41) is 3.40. The Morgan fingerprint density at radius 1 is 1.26 bits per heavy atom. The van der Waals surface area contributed by atoms with Crippen molar-refractivity contribution in [3.8, 4) is 5.75 Å². The Bertz CT molecular complexity index is 359. The van der Waals surface area contributed by atoms with Crippen molar-refractivity contribution >= 4 is 18.1 Å². The lowest BCUT2D eigenvalue weighted by Crippen LogP contribution is -2.49. The van der Waals surface area contributed by atoms with Crippen molar-refractivity contribution in [3.05, 3.63) is 24.3 Å². The van der Waals surface area contributed by atoms with E-state index in [2.05, 4.69) is 29.3 Å². The highest BCUT2D eigenvalue weighted by molar-refractivity contribution is 5.85. The number of halogens is 1. The molecule has 1 aromatic rings. The number of hydrogen-bond acceptors (Lipinski definition) is 4. The average Bonchev–Trinajstić information content (AvgIpc) is 2.41. The first-order valence-corrected chi connectivity index (χ1v) is 6.50. The number of nitrogens with one attached hydrogen (secondary N) is 1. The summed E-state index contributed by atoms with van der Waals surface area (Å²) in [4.78, 5) is 2.43. The largest absolute Gasteiger partial charge is 0.491 e. The van der Waals surface area contributed by atoms with Gasteiger partial charge in [0.2, 0.25) is 0 Å². The van der Waals surface area contributed by atoms with E-state index >= 15 is 0 Å². The second-order valence-electron chi connectivity index (χ2n) is 4.58. The van der Waals surface area contributed by atoms with Crippen LogP contribution in [0.3, 0.4) is 0 Å². The summed E-state index contributed by atoms with van der Waals surface area (Å²) in [6, 6.07) is 8.85. The van der Waals surface area contributed by atoms with Crippen molar-refractivity contribution in [2.75, 3.05) is 44.9 Å². The quantitative estimate of drug-likeness (QED) is 0.839. The summed E-state index contributed by atoms with van der Waals surface area (Å²) >= 11 is 0. The molecule has 1 heterocycles. The highest BCUT2D eigenvalue weighted by atomic mass is 35.5. The van der Waals surface area contributed by atoms with Crippen LogP contribution in [0.2, 0.25) is 0 Å². The fourth-order valence-electron chi connectivity index (χ4n) is 2.20. The number of anilines is 1. The van der Waals surface area contributed by atoms with Gasteiger partial charge in [0.25, 0.3) is 0 Å². The predicted molar refractivity (Wildman–Crippen MR) is 80.7 cm³/mol. The van der Waals surface area contributed by atoms with Crippen molar-refractivity contribution < 1.29 is 9.47 Å². The van der Waals surface area contributed by atoms with Gasteiger partial charge in [0.1, 0.15) is 12.4 Å². The van der Waals surface area contributed by atoms with Crippen LogP contribution in [0.5, 0.6) is 5.75 Å². The van der Waals surface area contributed by atoms with E-state index in [0.29, 0.717) is 19.3 Å². The minimum atomic E-state index is 0. The predicted octanol–water partition coefficient (Wildman–Crippen LogP) is 1.93. The van der Waals surface area contributed by atoms with Crippen molar-refractivity contribution in [2.24, 2.45) is 0 Å². The lowest BCUT2D eigenvalue weighted by molar-refractivity contribution is 0.146. The minimum absolute atomic E-state index is 0. The average molecular weight is 287 g/mol. The molecule has 108 valence electrons. The molecule has 2 rings (SSSR count). The summed E-state index contributed by atoms with van der Waals surface area (Å²) in [6.07, 6.45) is 0. The molecule has 0 aliphatic carbocycles. The van der Waals surface area contributed by atoms with Crippen LogP contribution in [0.25, 0.3) is 0 Å². The molecule has 0 saturated carbocycles. The Hall–Kier alpha value is -0.970. The fourth-order valence-corrected chi connectivity index (χ4v) is 2.20. The summed E-state index contributed by atoms with van der Waals surface area (Å²) in [6.45, 7) is 6.62. The number of methoxy groups -OCH3 is 1. The lowest BCUT2D eigenvalue weighted by atomic mass is 10.2. The molecule has 1 N–H and O–H groups in total. The lowest BCUT2D eigenvalue weighted by Gasteiger charge is -2.35. The van der Waals surface area contributed by atoms with Crippen LogP contribution in [0.1, 0.15) is 6.92 Å². The Morgan fingerprint density at radius 3 is 2.63 bits per heavy atom. The van der Waals surface area contributed by atoms with Gasteiger partial charge in [0, 0.05) is 38.5 Å². The number of benzene rings is 1. The molecule has 1 aromatic carbocycles. The van der Waals surface area contributed by atoms with Crippen molar-refractivity contribution in [1.29, 1.82) is 0 Å². The monoisotopic (exact) mass is 286 g/mol. The highest BCUT2D eigenvalue weighted by Crippen LogP contribution is 2.21. The van der Waals surface area contributed by atoms with Gasteiger partial charge >= 0.3 is 0 Å². The van der Waals surface area contributed by atoms with Crippen LogP contribution in [-0.4, -0.2) is 46.0 Å². The fraction of sp³-hybridized carbons (Fsp3) is 0.571. The van der Waals surface area contributed by atoms with Crippen LogP contribution in [0.4, 0.5) is 5.69 Å². The standard InChI is InChI=1S/C14H22N2O2.ClH/c1-12-11-15-7-8-16(12)13-3-5-14(6-4-13)18-10-9-17-2;/h3-6,12,15H,7-11H2,1-2H3;1H/t12-;/m1./s1. The van der Waals surface area contributed by atoms with Gasteiger partial charge in [-0.1, -0.05) is 0 Å². The summed E-state index contributed by atoms with van der Waals surface area (Å²) in [5.74, 6) is 0.901. The van der Waals surface area contributed by atoms with Gasteiger partial charge in [-0.15, -0.1) is 12.4 Å². The van der Waals surface area contributed by atoms with Crippen molar-refractivity contribution in [2.45, 2.75) is 13.0 Å². The molecule has 0 aromatic heterocycles. The van der Waals surface area contributed by atoms with E-state index in [1.807, 2.05) is 12.1 Å². The summed E-state index contributed by atoms with van der Waals surface area (Å²) < 4.78 is 10.5. The van der Waals surface area contributed by atoms with Gasteiger partial charge < -0.3 is 19.7 Å². The van der Waals surface area contributed by atoms with E-state index in [9.17, 15) is 0 Å². The molecule has 0 unspecified atom stereocenters. The van der Waals surface area contributed by atoms with Gasteiger partial charge in [-0.25, -0.2) is 0 Å². The number of nitrogens with zero attached hydrogens (tertiary/aromatic N) is 1. The smallest absolute Gasteiger partial charge is 0.119 e. The number of rotatable bonds is 5. The van der Waals surface area contributed by atoms with Gasteiger partial charge in [0.15, 0.2) is 0 Å². The summed E-state index contributed by atoms with van der Waals surface area (Å²) in [5.41, 5.74) is 1.27. The van der Waals surface area contributed by atoms with Gasteiger partial charge in [-0.2, -0.15) is 0 Å². The zero-order valence-corrected chi connectivity index (χ0v) is 12.4. The molecule has 19 heavy (non-hydrogen) atoms. The molecule has 1 aliphatic heterocycles. The maximum Gasteiger partial charge on any atom is 0.119 e. The molecule has 1 fully saturated rings. The normalized spacial score (nSPS) is 18.8. The van der Waals surface area contributed by atoms with Gasteiger partial charge in [-0.3, -0.25) is 0 Å². The summed E-state index contributed by atoms with van der Waals surface area (Å²) in [7, 11) is 1.68. The maximum atomic E-state index is 5.56. The highest BCUT2D eigenvalue weighted by Gasteiger charge is 2.17. The zero-order chi connectivity index (χ0) is 12.8. The Labute approximate surface area is 121 Å². The molecule has 0 radical (unpaired) electrons. The molecular formula is C14H23ClN2O2. The Balaban J connectivity index is 0.00000180. The van der Waals surface area contributed by atoms with E-state index in [1.54, 1.807) is 7.11 Å². The third-order valence-electron chi connectivity index (χ3n) is 3.23. The van der Waals surface area contributed by atoms with Crippen LogP contribution >= 0.6 is 12.4 Å². The second kappa shape index (κ2) is 8.25. The second-order valence-corrected chi connectivity index (χ2v) is 4.58. The minimum Gasteiger partial charge on any atom is -0.491 e. The first kappa shape index (κ1) is 16.1. The van der Waals surface area contributed by atoms with E-state index < -0.39 is 0 Å². The van der Waals surface area contributed by atoms with E-state index in [4.69, 9.17) is 9.47 Å². The molecule has 0 bridgehead atoms. The van der Waals surface area contributed by atoms with Crippen LogP contribution in [-0.2, 0) is 4.74 Å². The molecule has 1 atom stereocenters. The molecule has 0 spiro atoms. The van der Waals surface area contributed by atoms with Crippen molar-refractivity contribution in [1.82, 2.24) is 5.32 Å². The molecule has 5 heteroatoms. The molecule has 1 aliphatic rings. The molecule has 1 saturated heterocycles. The SMILES string of the molecule is COCCOc1ccc(N2CCNC[C@H]2C)cc1.Cl. The Morgan fingerprint density at radius 2 is 2.00 bits per heavy atom. The molecular weight excluding hydrogens is 264 g/mol. The number of piperazine rings is 1. The first-order chi connectivity index (χ1) is 8.81. The zero-order valence-electron chi connectivity index (χ0n) is 11.6. The number of ether oxygens (including phenoxy) is 2. The van der Waals surface area contributed by atoms with Gasteiger partial charge in [0.05, 0.1) is 6.61 Å². The maximum absolute atomic E-state index is 5.56. The molecule has 0 amide bonds. The van der Waals surface area contributed by atoms with Crippen molar-refractivity contribution in [3.63, 3.8) is 0 Å². The molecule has 4 nitrogen and oxygen atoms in total. The third-order valence-corrected chi connectivity index (χ3v) is 3.23. The van der Waals surface area contributed by atoms with Crippen LogP contribution in [0.15, 0.2) is 24.3 Å². The van der Waals surface area contributed by atoms with Crippen LogP contribution < -0.4 is 15.0 Å². The third kappa shape index (κ3) is 4.56. The first-order valence-electron chi connectivity index (χ1n) is 6.50. The number of hydrogen-bond donors (Lipinski definition) is 1. The van der Waals surface area contributed by atoms with Gasteiger partial charge in [-0.05, 0) is 31.2 Å². The van der Waals surface area contributed by atoms with E-state index in [0.717, 1.165) is 25.4 Å². The van der Waals surface area contributed by atoms with E-state index in [1.165, 1.54) is 5.69 Å². The Kier molecular flexibility index (Phi) is 6.99. The topological polar surface area (TPSA) is 33.7 Å². The van der Waals surface area contributed by atoms with Crippen LogP contribution in [0, 0.1) is 0 Å². The van der Waals surface area contributed by atoms with E-state index in [-0.39, 0.29) is 12.4 Å².